The molecule has 1 aliphatic carbocycles. The van der Waals surface area contributed by atoms with Gasteiger partial charge in [0.15, 0.2) is 11.6 Å². The first-order valence-electron chi connectivity index (χ1n) is 9.18. The van der Waals surface area contributed by atoms with Gasteiger partial charge >= 0.3 is 0 Å². The van der Waals surface area contributed by atoms with Gasteiger partial charge in [-0.1, -0.05) is 12.1 Å². The Morgan fingerprint density at radius 3 is 2.62 bits per heavy atom. The molecule has 26 heavy (non-hydrogen) atoms. The molecule has 1 aromatic heterocycles. The van der Waals surface area contributed by atoms with Gasteiger partial charge in [-0.25, -0.2) is 8.78 Å². The number of benzene rings is 1. The molecule has 0 atom stereocenters. The SMILES string of the molecule is O=C(c1cc2c(s1)CCCC2)N1CCN(Cc2cccc(F)c2F)CC1. The van der Waals surface area contributed by atoms with Crippen LogP contribution in [-0.2, 0) is 19.4 Å². The highest BCUT2D eigenvalue weighted by molar-refractivity contribution is 7.14. The van der Waals surface area contributed by atoms with E-state index in [2.05, 4.69) is 11.0 Å². The van der Waals surface area contributed by atoms with Gasteiger partial charge in [-0.05, 0) is 43.4 Å². The molecule has 0 radical (unpaired) electrons. The van der Waals surface area contributed by atoms with E-state index in [0.29, 0.717) is 38.3 Å². The van der Waals surface area contributed by atoms with E-state index in [1.165, 1.54) is 29.3 Å². The van der Waals surface area contributed by atoms with Gasteiger partial charge in [0.2, 0.25) is 0 Å². The molecule has 2 heterocycles. The maximum Gasteiger partial charge on any atom is 0.264 e. The predicted molar refractivity (Wildman–Crippen MR) is 98.5 cm³/mol. The van der Waals surface area contributed by atoms with Crippen LogP contribution in [0.5, 0.6) is 0 Å². The summed E-state index contributed by atoms with van der Waals surface area (Å²) in [7, 11) is 0. The Hall–Kier alpha value is -1.79. The van der Waals surface area contributed by atoms with E-state index in [9.17, 15) is 13.6 Å². The van der Waals surface area contributed by atoms with Crippen molar-refractivity contribution >= 4 is 17.2 Å². The largest absolute Gasteiger partial charge is 0.335 e. The molecule has 4 rings (SSSR count). The number of hydrogen-bond donors (Lipinski definition) is 0. The van der Waals surface area contributed by atoms with Crippen LogP contribution in [0.3, 0.4) is 0 Å². The van der Waals surface area contributed by atoms with Gasteiger partial charge in [0.25, 0.3) is 5.91 Å². The molecule has 1 aliphatic heterocycles. The smallest absolute Gasteiger partial charge is 0.264 e. The normalized spacial score (nSPS) is 18.0. The molecule has 0 bridgehead atoms. The summed E-state index contributed by atoms with van der Waals surface area (Å²) in [6.07, 6.45) is 4.62. The minimum Gasteiger partial charge on any atom is -0.335 e. The summed E-state index contributed by atoms with van der Waals surface area (Å²) in [6.45, 7) is 2.97. The summed E-state index contributed by atoms with van der Waals surface area (Å²) in [6, 6.07) is 6.37. The zero-order chi connectivity index (χ0) is 18.1. The van der Waals surface area contributed by atoms with E-state index in [1.54, 1.807) is 17.4 Å². The highest BCUT2D eigenvalue weighted by Gasteiger charge is 2.25. The average Bonchev–Trinajstić information content (AvgIpc) is 3.10. The van der Waals surface area contributed by atoms with Crippen molar-refractivity contribution in [1.82, 2.24) is 9.80 Å². The number of hydrogen-bond acceptors (Lipinski definition) is 3. The molecule has 1 saturated heterocycles. The van der Waals surface area contributed by atoms with Crippen molar-refractivity contribution in [3.63, 3.8) is 0 Å². The molecule has 1 fully saturated rings. The minimum atomic E-state index is -0.807. The second-order valence-electron chi connectivity index (χ2n) is 7.05. The number of piperazine rings is 1. The molecular weight excluding hydrogens is 354 g/mol. The third-order valence-corrected chi connectivity index (χ3v) is 6.52. The van der Waals surface area contributed by atoms with Crippen LogP contribution >= 0.6 is 11.3 Å². The van der Waals surface area contributed by atoms with Crippen LogP contribution in [0.4, 0.5) is 8.78 Å². The van der Waals surface area contributed by atoms with E-state index >= 15 is 0 Å². The third-order valence-electron chi connectivity index (χ3n) is 5.29. The van der Waals surface area contributed by atoms with Gasteiger partial charge in [0, 0.05) is 43.2 Å². The second-order valence-corrected chi connectivity index (χ2v) is 8.18. The number of rotatable bonds is 3. The van der Waals surface area contributed by atoms with Gasteiger partial charge in [-0.15, -0.1) is 11.3 Å². The number of amides is 1. The van der Waals surface area contributed by atoms with Crippen molar-refractivity contribution in [1.29, 1.82) is 0 Å². The number of aryl methyl sites for hydroxylation is 2. The lowest BCUT2D eigenvalue weighted by atomic mass is 9.99. The zero-order valence-electron chi connectivity index (χ0n) is 14.6. The Bertz CT molecular complexity index is 789. The third kappa shape index (κ3) is 3.53. The molecule has 0 saturated carbocycles. The summed E-state index contributed by atoms with van der Waals surface area (Å²) in [5.41, 5.74) is 1.72. The highest BCUT2D eigenvalue weighted by Crippen LogP contribution is 2.30. The Morgan fingerprint density at radius 1 is 1.08 bits per heavy atom. The molecule has 2 aromatic rings. The summed E-state index contributed by atoms with van der Waals surface area (Å²) < 4.78 is 27.2. The molecule has 0 unspecified atom stereocenters. The van der Waals surface area contributed by atoms with Crippen molar-refractivity contribution in [3.05, 3.63) is 56.8 Å². The lowest BCUT2D eigenvalue weighted by molar-refractivity contribution is 0.0631. The Labute approximate surface area is 156 Å². The van der Waals surface area contributed by atoms with Crippen molar-refractivity contribution < 1.29 is 13.6 Å². The van der Waals surface area contributed by atoms with E-state index < -0.39 is 11.6 Å². The van der Waals surface area contributed by atoms with Crippen molar-refractivity contribution in [2.75, 3.05) is 26.2 Å². The fourth-order valence-electron chi connectivity index (χ4n) is 3.77. The summed E-state index contributed by atoms with van der Waals surface area (Å²) in [4.78, 5) is 19.0. The Morgan fingerprint density at radius 2 is 1.85 bits per heavy atom. The first-order chi connectivity index (χ1) is 12.6. The Balaban J connectivity index is 1.36. The van der Waals surface area contributed by atoms with Crippen molar-refractivity contribution in [2.45, 2.75) is 32.2 Å². The lowest BCUT2D eigenvalue weighted by Gasteiger charge is -2.34. The van der Waals surface area contributed by atoms with Crippen LogP contribution in [0.2, 0.25) is 0 Å². The van der Waals surface area contributed by atoms with Gasteiger partial charge < -0.3 is 4.90 Å². The molecule has 0 N–H and O–H groups in total. The quantitative estimate of drug-likeness (QED) is 0.812. The standard InChI is InChI=1S/C20H22F2N2OS/c21-16-6-3-5-15(19(16)22)13-23-8-10-24(11-9-23)20(25)18-12-14-4-1-2-7-17(14)26-18/h3,5-6,12H,1-2,4,7-11,13H2. The molecular formula is C20H22F2N2OS. The number of carbonyl (C=O) groups is 1. The molecule has 2 aliphatic rings. The van der Waals surface area contributed by atoms with Crippen LogP contribution in [0.1, 0.15) is 38.5 Å². The summed E-state index contributed by atoms with van der Waals surface area (Å²) in [5.74, 6) is -1.46. The van der Waals surface area contributed by atoms with E-state index in [4.69, 9.17) is 0 Å². The van der Waals surface area contributed by atoms with Gasteiger partial charge in [0.05, 0.1) is 4.88 Å². The van der Waals surface area contributed by atoms with Crippen LogP contribution < -0.4 is 0 Å². The zero-order valence-corrected chi connectivity index (χ0v) is 15.5. The number of carbonyl (C=O) groups excluding carboxylic acids is 1. The van der Waals surface area contributed by atoms with Crippen LogP contribution in [0.15, 0.2) is 24.3 Å². The number of halogens is 2. The fourth-order valence-corrected chi connectivity index (χ4v) is 4.99. The van der Waals surface area contributed by atoms with Gasteiger partial charge in [0.1, 0.15) is 0 Å². The van der Waals surface area contributed by atoms with Gasteiger partial charge in [-0.3, -0.25) is 9.69 Å². The molecule has 0 spiro atoms. The monoisotopic (exact) mass is 376 g/mol. The van der Waals surface area contributed by atoms with Crippen LogP contribution in [-0.4, -0.2) is 41.9 Å². The highest BCUT2D eigenvalue weighted by atomic mass is 32.1. The van der Waals surface area contributed by atoms with E-state index in [0.717, 1.165) is 23.8 Å². The predicted octanol–water partition coefficient (Wildman–Crippen LogP) is 3.86. The summed E-state index contributed by atoms with van der Waals surface area (Å²) in [5, 5.41) is 0. The van der Waals surface area contributed by atoms with Crippen LogP contribution in [0, 0.1) is 11.6 Å². The van der Waals surface area contributed by atoms with E-state index in [1.807, 2.05) is 4.90 Å². The molecule has 1 aromatic carbocycles. The molecule has 3 nitrogen and oxygen atoms in total. The first kappa shape index (κ1) is 17.6. The molecule has 6 heteroatoms. The second kappa shape index (κ2) is 7.45. The minimum absolute atomic E-state index is 0.112. The lowest BCUT2D eigenvalue weighted by Crippen LogP contribution is -2.48. The number of fused-ring (bicyclic) bond motifs is 1. The first-order valence-corrected chi connectivity index (χ1v) is 9.99. The topological polar surface area (TPSA) is 23.6 Å². The van der Waals surface area contributed by atoms with Crippen molar-refractivity contribution in [3.8, 4) is 0 Å². The molecule has 1 amide bonds. The average molecular weight is 376 g/mol. The van der Waals surface area contributed by atoms with Crippen molar-refractivity contribution in [2.24, 2.45) is 0 Å². The maximum atomic E-state index is 13.8. The van der Waals surface area contributed by atoms with Gasteiger partial charge in [-0.2, -0.15) is 0 Å². The fraction of sp³-hybridized carbons (Fsp3) is 0.450. The van der Waals surface area contributed by atoms with E-state index in [-0.39, 0.29) is 5.91 Å². The Kier molecular flexibility index (Phi) is 5.05. The number of nitrogens with zero attached hydrogens (tertiary/aromatic N) is 2. The summed E-state index contributed by atoms with van der Waals surface area (Å²) >= 11 is 1.65. The van der Waals surface area contributed by atoms with Crippen LogP contribution in [0.25, 0.3) is 0 Å². The molecule has 138 valence electrons. The maximum absolute atomic E-state index is 13.8. The number of thiophene rings is 1.